The molecule has 0 spiro atoms. The predicted octanol–water partition coefficient (Wildman–Crippen LogP) is 1.23. The van der Waals surface area contributed by atoms with E-state index in [0.717, 1.165) is 23.2 Å². The van der Waals surface area contributed by atoms with E-state index in [1.54, 1.807) is 6.20 Å². The molecule has 78 valence electrons. The van der Waals surface area contributed by atoms with E-state index in [2.05, 4.69) is 15.2 Å². The number of anilines is 2. The van der Waals surface area contributed by atoms with Gasteiger partial charge in [0.15, 0.2) is 5.13 Å². The SMILES string of the molecule is Nc1cnc(NCCN2CCCC2)s1. The number of thiazole rings is 1. The van der Waals surface area contributed by atoms with E-state index in [-0.39, 0.29) is 0 Å². The Balaban J connectivity index is 1.67. The van der Waals surface area contributed by atoms with Gasteiger partial charge in [-0.2, -0.15) is 0 Å². The fourth-order valence-electron chi connectivity index (χ4n) is 1.70. The second-order valence-corrected chi connectivity index (χ2v) is 4.61. The Morgan fingerprint density at radius 2 is 2.29 bits per heavy atom. The van der Waals surface area contributed by atoms with Gasteiger partial charge in [0.1, 0.15) is 5.00 Å². The van der Waals surface area contributed by atoms with Crippen molar-refractivity contribution >= 4 is 21.5 Å². The monoisotopic (exact) mass is 212 g/mol. The maximum absolute atomic E-state index is 5.58. The third kappa shape index (κ3) is 2.59. The van der Waals surface area contributed by atoms with E-state index in [9.17, 15) is 0 Å². The van der Waals surface area contributed by atoms with Gasteiger partial charge in [0.2, 0.25) is 0 Å². The van der Waals surface area contributed by atoms with E-state index in [1.165, 1.54) is 37.3 Å². The van der Waals surface area contributed by atoms with Crippen LogP contribution in [0.1, 0.15) is 12.8 Å². The molecule has 3 N–H and O–H groups in total. The summed E-state index contributed by atoms with van der Waals surface area (Å²) in [6.45, 7) is 4.58. The molecule has 0 aromatic carbocycles. The summed E-state index contributed by atoms with van der Waals surface area (Å²) in [5, 5.41) is 4.98. The molecule has 1 saturated heterocycles. The Kier molecular flexibility index (Phi) is 3.21. The highest BCUT2D eigenvalue weighted by atomic mass is 32.1. The summed E-state index contributed by atoms with van der Waals surface area (Å²) in [5.41, 5.74) is 5.58. The van der Waals surface area contributed by atoms with Crippen LogP contribution in [0.5, 0.6) is 0 Å². The van der Waals surface area contributed by atoms with Crippen molar-refractivity contribution in [3.05, 3.63) is 6.20 Å². The largest absolute Gasteiger partial charge is 0.389 e. The van der Waals surface area contributed by atoms with E-state index in [1.807, 2.05) is 0 Å². The molecule has 0 aliphatic carbocycles. The molecular formula is C9H16N4S. The van der Waals surface area contributed by atoms with Gasteiger partial charge in [-0.1, -0.05) is 11.3 Å². The lowest BCUT2D eigenvalue weighted by molar-refractivity contribution is 0.352. The molecule has 2 heterocycles. The minimum Gasteiger partial charge on any atom is -0.389 e. The Morgan fingerprint density at radius 3 is 2.93 bits per heavy atom. The van der Waals surface area contributed by atoms with E-state index < -0.39 is 0 Å². The molecule has 0 amide bonds. The first-order valence-corrected chi connectivity index (χ1v) is 5.84. The van der Waals surface area contributed by atoms with Crippen LogP contribution >= 0.6 is 11.3 Å². The van der Waals surface area contributed by atoms with Gasteiger partial charge in [-0.25, -0.2) is 4.98 Å². The summed E-state index contributed by atoms with van der Waals surface area (Å²) in [4.78, 5) is 6.62. The Morgan fingerprint density at radius 1 is 1.50 bits per heavy atom. The van der Waals surface area contributed by atoms with Crippen molar-refractivity contribution in [2.45, 2.75) is 12.8 Å². The van der Waals surface area contributed by atoms with Crippen LogP contribution in [0.3, 0.4) is 0 Å². The van der Waals surface area contributed by atoms with Crippen molar-refractivity contribution in [2.75, 3.05) is 37.2 Å². The highest BCUT2D eigenvalue weighted by molar-refractivity contribution is 7.19. The number of likely N-dealkylation sites (tertiary alicyclic amines) is 1. The number of nitrogens with zero attached hydrogens (tertiary/aromatic N) is 2. The lowest BCUT2D eigenvalue weighted by Gasteiger charge is -2.13. The van der Waals surface area contributed by atoms with Gasteiger partial charge in [0.25, 0.3) is 0 Å². The molecular weight excluding hydrogens is 196 g/mol. The van der Waals surface area contributed by atoms with Crippen LogP contribution in [0.4, 0.5) is 10.1 Å². The highest BCUT2D eigenvalue weighted by Crippen LogP contribution is 2.19. The number of nitrogens with one attached hydrogen (secondary N) is 1. The molecule has 1 aliphatic rings. The quantitative estimate of drug-likeness (QED) is 0.788. The van der Waals surface area contributed by atoms with Crippen LogP contribution in [0, 0.1) is 0 Å². The van der Waals surface area contributed by atoms with Crippen molar-refractivity contribution in [1.29, 1.82) is 0 Å². The lowest BCUT2D eigenvalue weighted by Crippen LogP contribution is -2.25. The molecule has 0 unspecified atom stereocenters. The Hall–Kier alpha value is -0.810. The molecule has 0 saturated carbocycles. The number of nitrogen functional groups attached to an aromatic ring is 1. The maximum atomic E-state index is 5.58. The molecule has 1 aromatic heterocycles. The van der Waals surface area contributed by atoms with Crippen LogP contribution < -0.4 is 11.1 Å². The summed E-state index contributed by atoms with van der Waals surface area (Å²) < 4.78 is 0. The molecule has 14 heavy (non-hydrogen) atoms. The summed E-state index contributed by atoms with van der Waals surface area (Å²) in [5.74, 6) is 0. The molecule has 2 rings (SSSR count). The minimum atomic E-state index is 0.772. The van der Waals surface area contributed by atoms with Crippen molar-refractivity contribution in [3.8, 4) is 0 Å². The number of hydrogen-bond acceptors (Lipinski definition) is 5. The predicted molar refractivity (Wildman–Crippen MR) is 60.7 cm³/mol. The summed E-state index contributed by atoms with van der Waals surface area (Å²) in [6, 6.07) is 0. The molecule has 1 fully saturated rings. The first kappa shape index (κ1) is 9.73. The van der Waals surface area contributed by atoms with Crippen LogP contribution in [-0.4, -0.2) is 36.1 Å². The fourth-order valence-corrected chi connectivity index (χ4v) is 2.30. The third-order valence-corrected chi connectivity index (χ3v) is 3.21. The Bertz CT molecular complexity index is 280. The first-order valence-electron chi connectivity index (χ1n) is 5.02. The second-order valence-electron chi connectivity index (χ2n) is 3.54. The van der Waals surface area contributed by atoms with E-state index in [0.29, 0.717) is 0 Å². The van der Waals surface area contributed by atoms with Gasteiger partial charge in [0.05, 0.1) is 6.20 Å². The maximum Gasteiger partial charge on any atom is 0.184 e. The zero-order valence-electron chi connectivity index (χ0n) is 8.20. The van der Waals surface area contributed by atoms with E-state index in [4.69, 9.17) is 5.73 Å². The van der Waals surface area contributed by atoms with Crippen molar-refractivity contribution in [1.82, 2.24) is 9.88 Å². The molecule has 0 bridgehead atoms. The molecule has 0 atom stereocenters. The molecule has 1 aromatic rings. The number of rotatable bonds is 4. The zero-order chi connectivity index (χ0) is 9.80. The van der Waals surface area contributed by atoms with Crippen molar-refractivity contribution < 1.29 is 0 Å². The third-order valence-electron chi connectivity index (χ3n) is 2.43. The molecule has 0 radical (unpaired) electrons. The normalized spacial score (nSPS) is 17.4. The number of aromatic nitrogens is 1. The smallest absolute Gasteiger partial charge is 0.184 e. The standard InChI is InChI=1S/C9H16N4S/c10-8-7-12-9(14-8)11-3-6-13-4-1-2-5-13/h7H,1-6,10H2,(H,11,12). The van der Waals surface area contributed by atoms with Crippen LogP contribution in [0.2, 0.25) is 0 Å². The number of hydrogen-bond donors (Lipinski definition) is 2. The molecule has 4 nitrogen and oxygen atoms in total. The van der Waals surface area contributed by atoms with Gasteiger partial charge >= 0.3 is 0 Å². The Labute approximate surface area is 88.1 Å². The zero-order valence-corrected chi connectivity index (χ0v) is 9.02. The van der Waals surface area contributed by atoms with Crippen molar-refractivity contribution in [3.63, 3.8) is 0 Å². The topological polar surface area (TPSA) is 54.2 Å². The van der Waals surface area contributed by atoms with Gasteiger partial charge in [0, 0.05) is 13.1 Å². The second kappa shape index (κ2) is 4.61. The highest BCUT2D eigenvalue weighted by Gasteiger charge is 2.10. The average Bonchev–Trinajstić information content (AvgIpc) is 2.77. The van der Waals surface area contributed by atoms with Crippen LogP contribution in [0.25, 0.3) is 0 Å². The first-order chi connectivity index (χ1) is 6.84. The van der Waals surface area contributed by atoms with Crippen molar-refractivity contribution in [2.24, 2.45) is 0 Å². The van der Waals surface area contributed by atoms with Crippen LogP contribution in [-0.2, 0) is 0 Å². The lowest BCUT2D eigenvalue weighted by atomic mass is 10.4. The fraction of sp³-hybridized carbons (Fsp3) is 0.667. The molecule has 5 heteroatoms. The summed E-state index contributed by atoms with van der Waals surface area (Å²) >= 11 is 1.51. The van der Waals surface area contributed by atoms with Gasteiger partial charge in [-0.05, 0) is 25.9 Å². The number of nitrogens with two attached hydrogens (primary N) is 1. The van der Waals surface area contributed by atoms with E-state index >= 15 is 0 Å². The summed E-state index contributed by atoms with van der Waals surface area (Å²) in [7, 11) is 0. The van der Waals surface area contributed by atoms with Gasteiger partial charge < -0.3 is 16.0 Å². The molecule has 1 aliphatic heterocycles. The average molecular weight is 212 g/mol. The van der Waals surface area contributed by atoms with Gasteiger partial charge in [-0.15, -0.1) is 0 Å². The van der Waals surface area contributed by atoms with Gasteiger partial charge in [-0.3, -0.25) is 0 Å². The minimum absolute atomic E-state index is 0.772. The summed E-state index contributed by atoms with van der Waals surface area (Å²) in [6.07, 6.45) is 4.40. The van der Waals surface area contributed by atoms with Crippen LogP contribution in [0.15, 0.2) is 6.20 Å².